The van der Waals surface area contributed by atoms with Crippen LogP contribution in [0.15, 0.2) is 18.3 Å². The second kappa shape index (κ2) is 6.00. The maximum Gasteiger partial charge on any atom is 0.354 e. The molecule has 20 heavy (non-hydrogen) atoms. The van der Waals surface area contributed by atoms with Crippen LogP contribution >= 0.6 is 0 Å². The average Bonchev–Trinajstić information content (AvgIpc) is 2.39. The molecule has 4 N–H and O–H groups in total. The fourth-order valence-electron chi connectivity index (χ4n) is 2.55. The quantitative estimate of drug-likeness (QED) is 0.777. The first-order valence-corrected chi connectivity index (χ1v) is 6.77. The monoisotopic (exact) mass is 277 g/mol. The Hall–Kier alpha value is -1.95. The molecule has 108 valence electrons. The van der Waals surface area contributed by atoms with E-state index in [4.69, 9.17) is 10.8 Å². The zero-order valence-electron chi connectivity index (χ0n) is 11.3. The summed E-state index contributed by atoms with van der Waals surface area (Å²) in [5.41, 5.74) is 6.25. The summed E-state index contributed by atoms with van der Waals surface area (Å²) in [4.78, 5) is 26.4. The standard InChI is InChI=1S/C14H19N3O3/c15-14(6-2-1-3-7-14)8-12(18)17-10-4-5-11(13(19)20)16-9-10/h4-5,9H,1-3,6-8,15H2,(H,17,18)(H,19,20). The molecule has 0 bridgehead atoms. The first kappa shape index (κ1) is 14.5. The molecule has 2 rings (SSSR count). The Morgan fingerprint density at radius 2 is 2.00 bits per heavy atom. The van der Waals surface area contributed by atoms with Crippen LogP contribution in [0.4, 0.5) is 5.69 Å². The lowest BCUT2D eigenvalue weighted by atomic mass is 9.80. The van der Waals surface area contributed by atoms with Crippen molar-refractivity contribution in [3.8, 4) is 0 Å². The number of pyridine rings is 1. The van der Waals surface area contributed by atoms with Crippen LogP contribution in [0.1, 0.15) is 49.0 Å². The van der Waals surface area contributed by atoms with Crippen LogP contribution < -0.4 is 11.1 Å². The number of carboxylic acids is 1. The number of carbonyl (C=O) groups is 2. The molecule has 0 unspecified atom stereocenters. The summed E-state index contributed by atoms with van der Waals surface area (Å²) in [6.45, 7) is 0. The summed E-state index contributed by atoms with van der Waals surface area (Å²) < 4.78 is 0. The molecule has 0 saturated heterocycles. The van der Waals surface area contributed by atoms with Crippen LogP contribution in [-0.4, -0.2) is 27.5 Å². The number of nitrogens with one attached hydrogen (secondary N) is 1. The molecule has 0 spiro atoms. The van der Waals surface area contributed by atoms with Gasteiger partial charge < -0.3 is 16.2 Å². The van der Waals surface area contributed by atoms with E-state index in [9.17, 15) is 9.59 Å². The van der Waals surface area contributed by atoms with Gasteiger partial charge in [-0.15, -0.1) is 0 Å². The number of anilines is 1. The van der Waals surface area contributed by atoms with Crippen LogP contribution in [0.2, 0.25) is 0 Å². The molecule has 1 fully saturated rings. The lowest BCUT2D eigenvalue weighted by molar-refractivity contribution is -0.117. The van der Waals surface area contributed by atoms with E-state index < -0.39 is 11.5 Å². The second-order valence-electron chi connectivity index (χ2n) is 5.39. The minimum Gasteiger partial charge on any atom is -0.477 e. The summed E-state index contributed by atoms with van der Waals surface area (Å²) in [5.74, 6) is -1.25. The van der Waals surface area contributed by atoms with Crippen molar-refractivity contribution < 1.29 is 14.7 Å². The van der Waals surface area contributed by atoms with Crippen molar-refractivity contribution in [3.63, 3.8) is 0 Å². The fraction of sp³-hybridized carbons (Fsp3) is 0.500. The number of hydrogen-bond acceptors (Lipinski definition) is 4. The van der Waals surface area contributed by atoms with Gasteiger partial charge >= 0.3 is 5.97 Å². The van der Waals surface area contributed by atoms with Gasteiger partial charge in [-0.2, -0.15) is 0 Å². The Labute approximate surface area is 117 Å². The summed E-state index contributed by atoms with van der Waals surface area (Å²) in [6.07, 6.45) is 6.69. The summed E-state index contributed by atoms with van der Waals surface area (Å²) >= 11 is 0. The van der Waals surface area contributed by atoms with Crippen molar-refractivity contribution in [2.45, 2.75) is 44.1 Å². The van der Waals surface area contributed by atoms with E-state index >= 15 is 0 Å². The van der Waals surface area contributed by atoms with Gasteiger partial charge in [-0.3, -0.25) is 4.79 Å². The maximum atomic E-state index is 12.0. The molecule has 6 heteroatoms. The zero-order chi connectivity index (χ0) is 14.6. The largest absolute Gasteiger partial charge is 0.477 e. The van der Waals surface area contributed by atoms with Crippen molar-refractivity contribution in [2.75, 3.05) is 5.32 Å². The highest BCUT2D eigenvalue weighted by Crippen LogP contribution is 2.28. The van der Waals surface area contributed by atoms with Crippen molar-refractivity contribution in [3.05, 3.63) is 24.0 Å². The van der Waals surface area contributed by atoms with E-state index in [1.165, 1.54) is 24.8 Å². The van der Waals surface area contributed by atoms with Gasteiger partial charge in [0.2, 0.25) is 5.91 Å². The van der Waals surface area contributed by atoms with E-state index in [-0.39, 0.29) is 18.0 Å². The van der Waals surface area contributed by atoms with Gasteiger partial charge in [-0.05, 0) is 25.0 Å². The van der Waals surface area contributed by atoms with Gasteiger partial charge in [-0.1, -0.05) is 19.3 Å². The summed E-state index contributed by atoms with van der Waals surface area (Å²) in [6, 6.07) is 2.88. The molecule has 1 aromatic rings. The van der Waals surface area contributed by atoms with E-state index in [1.54, 1.807) is 0 Å². The normalized spacial score (nSPS) is 17.4. The topological polar surface area (TPSA) is 105 Å². The van der Waals surface area contributed by atoms with E-state index in [2.05, 4.69) is 10.3 Å². The molecule has 0 aliphatic heterocycles. The summed E-state index contributed by atoms with van der Waals surface area (Å²) in [7, 11) is 0. The highest BCUT2D eigenvalue weighted by atomic mass is 16.4. The van der Waals surface area contributed by atoms with Crippen molar-refractivity contribution >= 4 is 17.6 Å². The molecule has 1 amide bonds. The number of carbonyl (C=O) groups excluding carboxylic acids is 1. The Bertz CT molecular complexity index is 493. The molecule has 0 radical (unpaired) electrons. The molecule has 1 aromatic heterocycles. The SMILES string of the molecule is NC1(CC(=O)Nc2ccc(C(=O)O)nc2)CCCCC1. The van der Waals surface area contributed by atoms with Crippen molar-refractivity contribution in [2.24, 2.45) is 5.73 Å². The van der Waals surface area contributed by atoms with Gasteiger partial charge in [0.1, 0.15) is 5.69 Å². The molecule has 0 aromatic carbocycles. The van der Waals surface area contributed by atoms with E-state index in [0.29, 0.717) is 5.69 Å². The zero-order valence-corrected chi connectivity index (χ0v) is 11.3. The Balaban J connectivity index is 1.92. The number of aromatic carboxylic acids is 1. The van der Waals surface area contributed by atoms with Gasteiger partial charge in [0.05, 0.1) is 11.9 Å². The number of amides is 1. The number of hydrogen-bond donors (Lipinski definition) is 3. The average molecular weight is 277 g/mol. The van der Waals surface area contributed by atoms with Crippen LogP contribution in [0.25, 0.3) is 0 Å². The highest BCUT2D eigenvalue weighted by Gasteiger charge is 2.29. The molecular formula is C14H19N3O3. The third-order valence-corrected chi connectivity index (χ3v) is 3.63. The van der Waals surface area contributed by atoms with Gasteiger partial charge in [-0.25, -0.2) is 9.78 Å². The Kier molecular flexibility index (Phi) is 4.34. The molecule has 1 aliphatic carbocycles. The smallest absolute Gasteiger partial charge is 0.354 e. The molecule has 6 nitrogen and oxygen atoms in total. The highest BCUT2D eigenvalue weighted by molar-refractivity contribution is 5.92. The van der Waals surface area contributed by atoms with Gasteiger partial charge in [0.15, 0.2) is 0 Å². The number of nitrogens with zero attached hydrogens (tertiary/aromatic N) is 1. The number of aromatic nitrogens is 1. The number of nitrogens with two attached hydrogens (primary N) is 1. The van der Waals surface area contributed by atoms with Crippen LogP contribution in [0.5, 0.6) is 0 Å². The van der Waals surface area contributed by atoms with Crippen molar-refractivity contribution in [1.82, 2.24) is 4.98 Å². The third kappa shape index (κ3) is 3.77. The number of carboxylic acid groups (broad SMARTS) is 1. The number of rotatable bonds is 4. The van der Waals surface area contributed by atoms with Crippen LogP contribution in [-0.2, 0) is 4.79 Å². The lowest BCUT2D eigenvalue weighted by Gasteiger charge is -2.32. The van der Waals surface area contributed by atoms with Crippen LogP contribution in [0, 0.1) is 0 Å². The molecule has 1 aliphatic rings. The second-order valence-corrected chi connectivity index (χ2v) is 5.39. The van der Waals surface area contributed by atoms with Crippen LogP contribution in [0.3, 0.4) is 0 Å². The Morgan fingerprint density at radius 3 is 2.55 bits per heavy atom. The predicted molar refractivity (Wildman–Crippen MR) is 74.4 cm³/mol. The Morgan fingerprint density at radius 1 is 1.30 bits per heavy atom. The minimum absolute atomic E-state index is 0.0504. The summed E-state index contributed by atoms with van der Waals surface area (Å²) in [5, 5.41) is 11.4. The molecule has 1 heterocycles. The van der Waals surface area contributed by atoms with Gasteiger partial charge in [0.25, 0.3) is 0 Å². The first-order chi connectivity index (χ1) is 9.48. The lowest BCUT2D eigenvalue weighted by Crippen LogP contribution is -2.44. The molecule has 0 atom stereocenters. The van der Waals surface area contributed by atoms with E-state index in [0.717, 1.165) is 25.7 Å². The van der Waals surface area contributed by atoms with Gasteiger partial charge in [0, 0.05) is 12.0 Å². The molecule has 1 saturated carbocycles. The fourth-order valence-corrected chi connectivity index (χ4v) is 2.55. The predicted octanol–water partition coefficient (Wildman–Crippen LogP) is 1.77. The van der Waals surface area contributed by atoms with E-state index in [1.807, 2.05) is 0 Å². The van der Waals surface area contributed by atoms with Crippen molar-refractivity contribution in [1.29, 1.82) is 0 Å². The first-order valence-electron chi connectivity index (χ1n) is 6.77. The molecular weight excluding hydrogens is 258 g/mol. The third-order valence-electron chi connectivity index (χ3n) is 3.63. The maximum absolute atomic E-state index is 12.0. The minimum atomic E-state index is -1.09.